The molecule has 0 bridgehead atoms. The van der Waals surface area contributed by atoms with E-state index in [1.54, 1.807) is 13.1 Å². The van der Waals surface area contributed by atoms with Gasteiger partial charge in [0.05, 0.1) is 26.4 Å². The fraction of sp³-hybridized carbons (Fsp3) is 0.317. The monoisotopic (exact) mass is 688 g/mol. The summed E-state index contributed by atoms with van der Waals surface area (Å²) in [7, 11) is -3.00. The van der Waals surface area contributed by atoms with Crippen LogP contribution in [0.25, 0.3) is 0 Å². The van der Waals surface area contributed by atoms with Crippen molar-refractivity contribution in [1.82, 2.24) is 9.55 Å². The lowest BCUT2D eigenvalue weighted by atomic mass is 9.96. The quantitative estimate of drug-likeness (QED) is 0.150. The molecule has 2 aliphatic heterocycles. The standard InChI is InChI=1S/C41H44N2O6Si/c1-30-25-43-38-35(48-39(43)42-37(30)44)36(46-27-32-19-11-6-12-20-32)41(49-38,28-45-26-31-17-9-5-10-18-31)29-47-50(40(2,3)4,33-21-13-7-14-22-33)34-23-15-8-16-24-34/h5-25,35-36,38H,26-29H2,1-4H3/t35-,36-,38+,41-/m0/s1. The third-order valence-corrected chi connectivity index (χ3v) is 14.7. The fourth-order valence-electron chi connectivity index (χ4n) is 7.29. The Kier molecular flexibility index (Phi) is 9.60. The Morgan fingerprint density at radius 1 is 0.780 bits per heavy atom. The smallest absolute Gasteiger partial charge is 0.302 e. The molecule has 9 heteroatoms. The number of hydrogen-bond donors (Lipinski definition) is 0. The molecule has 0 radical (unpaired) electrons. The van der Waals surface area contributed by atoms with Crippen LogP contribution in [0.5, 0.6) is 6.01 Å². The molecule has 50 heavy (non-hydrogen) atoms. The first-order chi connectivity index (χ1) is 24.2. The molecule has 4 aromatic carbocycles. The molecule has 1 aromatic heterocycles. The van der Waals surface area contributed by atoms with Gasteiger partial charge >= 0.3 is 6.01 Å². The van der Waals surface area contributed by atoms with Gasteiger partial charge in [-0.05, 0) is 33.5 Å². The Bertz CT molecular complexity index is 1900. The largest absolute Gasteiger partial charge is 0.453 e. The van der Waals surface area contributed by atoms with E-state index in [1.807, 2.05) is 77.4 Å². The molecule has 3 heterocycles. The minimum absolute atomic E-state index is 0.173. The first-order valence-corrected chi connectivity index (χ1v) is 19.1. The zero-order valence-electron chi connectivity index (χ0n) is 29.0. The number of aromatic nitrogens is 2. The van der Waals surface area contributed by atoms with Gasteiger partial charge < -0.3 is 23.4 Å². The lowest BCUT2D eigenvalue weighted by Crippen LogP contribution is -2.68. The van der Waals surface area contributed by atoms with Crippen LogP contribution < -0.4 is 20.7 Å². The summed E-state index contributed by atoms with van der Waals surface area (Å²) in [6, 6.07) is 41.5. The minimum Gasteiger partial charge on any atom is -0.453 e. The molecule has 0 saturated carbocycles. The van der Waals surface area contributed by atoms with Crippen molar-refractivity contribution < 1.29 is 23.4 Å². The molecular formula is C41H44N2O6Si. The van der Waals surface area contributed by atoms with Gasteiger partial charge in [-0.25, -0.2) is 0 Å². The summed E-state index contributed by atoms with van der Waals surface area (Å²) < 4.78 is 36.4. The molecule has 0 spiro atoms. The van der Waals surface area contributed by atoms with Crippen LogP contribution in [0.4, 0.5) is 0 Å². The molecule has 2 aliphatic rings. The van der Waals surface area contributed by atoms with Gasteiger partial charge in [0.2, 0.25) is 0 Å². The molecule has 258 valence electrons. The van der Waals surface area contributed by atoms with Crippen molar-refractivity contribution in [2.45, 2.75) is 70.0 Å². The lowest BCUT2D eigenvalue weighted by molar-refractivity contribution is -0.174. The number of benzene rings is 4. The van der Waals surface area contributed by atoms with Crippen molar-refractivity contribution in [3.8, 4) is 6.01 Å². The highest BCUT2D eigenvalue weighted by Gasteiger charge is 2.63. The summed E-state index contributed by atoms with van der Waals surface area (Å²) >= 11 is 0. The van der Waals surface area contributed by atoms with Gasteiger partial charge in [0.25, 0.3) is 13.9 Å². The van der Waals surface area contributed by atoms with E-state index in [9.17, 15) is 4.79 Å². The van der Waals surface area contributed by atoms with Gasteiger partial charge in [0.15, 0.2) is 12.3 Å². The second-order valence-electron chi connectivity index (χ2n) is 14.2. The van der Waals surface area contributed by atoms with Crippen molar-refractivity contribution in [2.75, 3.05) is 13.2 Å². The molecule has 7 rings (SSSR count). The summed E-state index contributed by atoms with van der Waals surface area (Å²) in [6.45, 7) is 9.58. The maximum atomic E-state index is 12.6. The van der Waals surface area contributed by atoms with Gasteiger partial charge in [0.1, 0.15) is 11.7 Å². The molecule has 8 nitrogen and oxygen atoms in total. The third-order valence-electron chi connectivity index (χ3n) is 9.74. The van der Waals surface area contributed by atoms with Crippen molar-refractivity contribution in [1.29, 1.82) is 0 Å². The normalized spacial score (nSPS) is 21.4. The van der Waals surface area contributed by atoms with Gasteiger partial charge in [-0.1, -0.05) is 142 Å². The predicted octanol–water partition coefficient (Wildman–Crippen LogP) is 5.96. The van der Waals surface area contributed by atoms with E-state index in [4.69, 9.17) is 23.4 Å². The van der Waals surface area contributed by atoms with Crippen LogP contribution in [0.3, 0.4) is 0 Å². The summed E-state index contributed by atoms with van der Waals surface area (Å²) in [4.78, 5) is 16.8. The van der Waals surface area contributed by atoms with Crippen LogP contribution in [-0.2, 0) is 31.9 Å². The van der Waals surface area contributed by atoms with E-state index in [0.717, 1.165) is 21.5 Å². The van der Waals surface area contributed by atoms with E-state index in [2.05, 4.69) is 74.3 Å². The van der Waals surface area contributed by atoms with Crippen LogP contribution in [0.1, 0.15) is 43.7 Å². The molecule has 1 saturated heterocycles. The van der Waals surface area contributed by atoms with E-state index >= 15 is 0 Å². The van der Waals surface area contributed by atoms with Crippen LogP contribution in [0.15, 0.2) is 132 Å². The molecule has 1 fully saturated rings. The Morgan fingerprint density at radius 3 is 1.88 bits per heavy atom. The summed E-state index contributed by atoms with van der Waals surface area (Å²) in [6.07, 6.45) is -0.0945. The number of hydrogen-bond acceptors (Lipinski definition) is 7. The van der Waals surface area contributed by atoms with Crippen LogP contribution in [0, 0.1) is 6.92 Å². The second kappa shape index (κ2) is 14.1. The summed E-state index contributed by atoms with van der Waals surface area (Å²) in [5.74, 6) is 0. The molecule has 5 aromatic rings. The van der Waals surface area contributed by atoms with E-state index in [1.165, 1.54) is 0 Å². The average Bonchev–Trinajstić information content (AvgIpc) is 3.61. The number of rotatable bonds is 12. The zero-order valence-corrected chi connectivity index (χ0v) is 30.0. The van der Waals surface area contributed by atoms with Crippen LogP contribution in [-0.4, -0.2) is 48.9 Å². The maximum Gasteiger partial charge on any atom is 0.302 e. The van der Waals surface area contributed by atoms with Gasteiger partial charge in [-0.3, -0.25) is 9.36 Å². The molecule has 0 N–H and O–H groups in total. The van der Waals surface area contributed by atoms with Gasteiger partial charge in [0, 0.05) is 11.8 Å². The van der Waals surface area contributed by atoms with Crippen molar-refractivity contribution in [3.63, 3.8) is 0 Å². The SMILES string of the molecule is Cc1cn2c(nc1=O)O[C@@H]1[C@H]2O[C@@](COCc2ccccc2)(CO[Si](c2ccccc2)(c2ccccc2)C(C)(C)C)[C@H]1OCc1ccccc1. The third kappa shape index (κ3) is 6.47. The van der Waals surface area contributed by atoms with E-state index < -0.39 is 32.4 Å². The summed E-state index contributed by atoms with van der Waals surface area (Å²) in [5, 5.41) is 2.07. The lowest BCUT2D eigenvalue weighted by Gasteiger charge is -2.45. The van der Waals surface area contributed by atoms with Crippen molar-refractivity contribution in [2.24, 2.45) is 0 Å². The zero-order chi connectivity index (χ0) is 34.8. The molecule has 4 atom stereocenters. The first kappa shape index (κ1) is 34.1. The number of fused-ring (bicyclic) bond motifs is 3. The van der Waals surface area contributed by atoms with Gasteiger partial charge in [-0.15, -0.1) is 0 Å². The molecule has 0 amide bonds. The highest BCUT2D eigenvalue weighted by molar-refractivity contribution is 6.99. The second-order valence-corrected chi connectivity index (χ2v) is 18.5. The summed E-state index contributed by atoms with van der Waals surface area (Å²) in [5.41, 5.74) is 1.15. The topological polar surface area (TPSA) is 81.0 Å². The Balaban J connectivity index is 1.32. The van der Waals surface area contributed by atoms with Crippen LogP contribution >= 0.6 is 0 Å². The molecule has 0 aliphatic carbocycles. The maximum absolute atomic E-state index is 12.6. The number of aryl methyl sites for hydroxylation is 1. The number of ether oxygens (including phenoxy) is 4. The average molecular weight is 689 g/mol. The van der Waals surface area contributed by atoms with Crippen molar-refractivity contribution in [3.05, 3.63) is 155 Å². The first-order valence-electron chi connectivity index (χ1n) is 17.2. The van der Waals surface area contributed by atoms with Crippen LogP contribution in [0.2, 0.25) is 5.04 Å². The Hall–Kier alpha value is -4.38. The van der Waals surface area contributed by atoms with Gasteiger partial charge in [-0.2, -0.15) is 4.98 Å². The predicted molar refractivity (Wildman–Crippen MR) is 195 cm³/mol. The molecular weight excluding hydrogens is 645 g/mol. The van der Waals surface area contributed by atoms with E-state index in [-0.39, 0.29) is 29.8 Å². The highest BCUT2D eigenvalue weighted by atomic mass is 28.4. The molecule has 0 unspecified atom stereocenters. The Labute approximate surface area is 294 Å². The fourth-order valence-corrected chi connectivity index (χ4v) is 11.9. The Morgan fingerprint density at radius 2 is 1.32 bits per heavy atom. The minimum atomic E-state index is -3.00. The van der Waals surface area contributed by atoms with E-state index in [0.29, 0.717) is 18.8 Å². The van der Waals surface area contributed by atoms with Crippen molar-refractivity contribution >= 4 is 18.7 Å². The highest BCUT2D eigenvalue weighted by Crippen LogP contribution is 2.47. The number of nitrogens with zero attached hydrogens (tertiary/aromatic N) is 2.